The lowest BCUT2D eigenvalue weighted by atomic mass is 9.86. The first-order valence-corrected chi connectivity index (χ1v) is 6.38. The van der Waals surface area contributed by atoms with Gasteiger partial charge < -0.3 is 4.90 Å². The van der Waals surface area contributed by atoms with Crippen LogP contribution in [-0.4, -0.2) is 23.9 Å². The summed E-state index contributed by atoms with van der Waals surface area (Å²) < 4.78 is 0. The fraction of sp³-hybridized carbons (Fsp3) is 0.533. The average Bonchev–Trinajstić information content (AvgIpc) is 2.80. The quantitative estimate of drug-likeness (QED) is 0.726. The van der Waals surface area contributed by atoms with Crippen molar-refractivity contribution in [3.63, 3.8) is 0 Å². The van der Waals surface area contributed by atoms with Crippen molar-refractivity contribution in [1.82, 2.24) is 4.90 Å². The number of hydrogen-bond donors (Lipinski definition) is 0. The summed E-state index contributed by atoms with van der Waals surface area (Å²) in [6, 6.07) is 8.06. The van der Waals surface area contributed by atoms with Crippen molar-refractivity contribution in [2.45, 2.75) is 39.0 Å². The molecule has 0 aliphatic carbocycles. The highest BCUT2D eigenvalue weighted by Crippen LogP contribution is 2.23. The molecule has 0 spiro atoms. The van der Waals surface area contributed by atoms with Gasteiger partial charge in [-0.1, -0.05) is 32.9 Å². The zero-order valence-electron chi connectivity index (χ0n) is 11.0. The highest BCUT2D eigenvalue weighted by atomic mass is 16.2. The Kier molecular flexibility index (Phi) is 3.23. The molecular formula is C15H21NO. The normalized spacial score (nSPS) is 16.3. The summed E-state index contributed by atoms with van der Waals surface area (Å²) in [4.78, 5) is 14.1. The molecule has 0 bridgehead atoms. The Bertz CT molecular complexity index is 394. The topological polar surface area (TPSA) is 20.3 Å². The third-order valence-corrected chi connectivity index (χ3v) is 3.39. The van der Waals surface area contributed by atoms with Crippen molar-refractivity contribution in [3.05, 3.63) is 35.4 Å². The van der Waals surface area contributed by atoms with E-state index < -0.39 is 0 Å². The van der Waals surface area contributed by atoms with E-state index >= 15 is 0 Å². The molecule has 1 heterocycles. The molecule has 2 heteroatoms. The fourth-order valence-corrected chi connectivity index (χ4v) is 2.22. The molecule has 0 radical (unpaired) electrons. The van der Waals surface area contributed by atoms with Crippen LogP contribution in [0.4, 0.5) is 0 Å². The predicted octanol–water partition coefficient (Wildman–Crippen LogP) is 3.22. The van der Waals surface area contributed by atoms with Gasteiger partial charge in [0.15, 0.2) is 0 Å². The number of carbonyl (C=O) groups excluding carboxylic acids is 1. The molecule has 0 atom stereocenters. The maximum Gasteiger partial charge on any atom is 0.253 e. The van der Waals surface area contributed by atoms with E-state index in [4.69, 9.17) is 0 Å². The lowest BCUT2D eigenvalue weighted by Crippen LogP contribution is -2.27. The summed E-state index contributed by atoms with van der Waals surface area (Å²) in [6.07, 6.45) is 2.29. The minimum atomic E-state index is 0.148. The smallest absolute Gasteiger partial charge is 0.253 e. The van der Waals surface area contributed by atoms with Gasteiger partial charge in [0.1, 0.15) is 0 Å². The van der Waals surface area contributed by atoms with Gasteiger partial charge in [-0.2, -0.15) is 0 Å². The molecule has 1 aliphatic heterocycles. The molecule has 1 aromatic rings. The monoisotopic (exact) mass is 231 g/mol. The number of hydrogen-bond acceptors (Lipinski definition) is 1. The van der Waals surface area contributed by atoms with Crippen LogP contribution < -0.4 is 0 Å². The Morgan fingerprint density at radius 2 is 1.59 bits per heavy atom. The third kappa shape index (κ3) is 2.68. The van der Waals surface area contributed by atoms with E-state index in [1.165, 1.54) is 5.56 Å². The Hall–Kier alpha value is -1.31. The summed E-state index contributed by atoms with van der Waals surface area (Å²) in [6.45, 7) is 8.39. The van der Waals surface area contributed by atoms with E-state index in [0.29, 0.717) is 0 Å². The average molecular weight is 231 g/mol. The Balaban J connectivity index is 2.15. The van der Waals surface area contributed by atoms with Crippen molar-refractivity contribution in [3.8, 4) is 0 Å². The van der Waals surface area contributed by atoms with Gasteiger partial charge in [-0.15, -0.1) is 0 Å². The first-order chi connectivity index (χ1) is 7.98. The molecule has 1 saturated heterocycles. The molecule has 17 heavy (non-hydrogen) atoms. The summed E-state index contributed by atoms with van der Waals surface area (Å²) in [5.74, 6) is 0.183. The Morgan fingerprint density at radius 1 is 1.06 bits per heavy atom. The van der Waals surface area contributed by atoms with Gasteiger partial charge in [0, 0.05) is 18.7 Å². The number of amides is 1. The van der Waals surface area contributed by atoms with Crippen LogP contribution in [0.25, 0.3) is 0 Å². The molecule has 0 N–H and O–H groups in total. The maximum atomic E-state index is 12.1. The molecular weight excluding hydrogens is 210 g/mol. The number of nitrogens with zero attached hydrogens (tertiary/aromatic N) is 1. The first-order valence-electron chi connectivity index (χ1n) is 6.38. The second-order valence-electron chi connectivity index (χ2n) is 5.83. The van der Waals surface area contributed by atoms with Gasteiger partial charge in [0.2, 0.25) is 0 Å². The largest absolute Gasteiger partial charge is 0.339 e. The number of rotatable bonds is 1. The number of benzene rings is 1. The van der Waals surface area contributed by atoms with Crippen LogP contribution >= 0.6 is 0 Å². The van der Waals surface area contributed by atoms with Crippen molar-refractivity contribution in [2.24, 2.45) is 0 Å². The van der Waals surface area contributed by atoms with Crippen LogP contribution in [0.5, 0.6) is 0 Å². The first kappa shape index (κ1) is 12.2. The van der Waals surface area contributed by atoms with E-state index in [1.807, 2.05) is 17.0 Å². The minimum absolute atomic E-state index is 0.148. The molecule has 1 aromatic carbocycles. The highest BCUT2D eigenvalue weighted by Gasteiger charge is 2.20. The third-order valence-electron chi connectivity index (χ3n) is 3.39. The van der Waals surface area contributed by atoms with E-state index in [-0.39, 0.29) is 11.3 Å². The molecule has 1 amide bonds. The lowest BCUT2D eigenvalue weighted by molar-refractivity contribution is 0.0793. The van der Waals surface area contributed by atoms with Crippen LogP contribution in [0.2, 0.25) is 0 Å². The number of carbonyl (C=O) groups is 1. The summed E-state index contributed by atoms with van der Waals surface area (Å²) in [5, 5.41) is 0. The molecule has 0 aromatic heterocycles. The predicted molar refractivity (Wildman–Crippen MR) is 70.3 cm³/mol. The molecule has 1 fully saturated rings. The zero-order chi connectivity index (χ0) is 12.5. The standard InChI is InChI=1S/C15H21NO/c1-15(2,3)13-8-6-12(7-9-13)14(17)16-10-4-5-11-16/h6-9H,4-5,10-11H2,1-3H3. The van der Waals surface area contributed by atoms with Crippen molar-refractivity contribution < 1.29 is 4.79 Å². The fourth-order valence-electron chi connectivity index (χ4n) is 2.22. The zero-order valence-corrected chi connectivity index (χ0v) is 11.0. The molecule has 0 unspecified atom stereocenters. The minimum Gasteiger partial charge on any atom is -0.339 e. The lowest BCUT2D eigenvalue weighted by Gasteiger charge is -2.20. The molecule has 0 saturated carbocycles. The van der Waals surface area contributed by atoms with E-state index in [1.54, 1.807) is 0 Å². The second-order valence-corrected chi connectivity index (χ2v) is 5.83. The van der Waals surface area contributed by atoms with Gasteiger partial charge >= 0.3 is 0 Å². The summed E-state index contributed by atoms with van der Waals surface area (Å²) in [5.41, 5.74) is 2.24. The van der Waals surface area contributed by atoms with Gasteiger partial charge in [0.05, 0.1) is 0 Å². The Labute approximate surface area is 104 Å². The SMILES string of the molecule is CC(C)(C)c1ccc(C(=O)N2CCCC2)cc1. The van der Waals surface area contributed by atoms with E-state index in [2.05, 4.69) is 32.9 Å². The highest BCUT2D eigenvalue weighted by molar-refractivity contribution is 5.94. The van der Waals surface area contributed by atoms with Crippen LogP contribution in [-0.2, 0) is 5.41 Å². The van der Waals surface area contributed by atoms with Gasteiger partial charge in [-0.3, -0.25) is 4.79 Å². The number of likely N-dealkylation sites (tertiary alicyclic amines) is 1. The maximum absolute atomic E-state index is 12.1. The Morgan fingerprint density at radius 3 is 2.06 bits per heavy atom. The second kappa shape index (κ2) is 4.52. The van der Waals surface area contributed by atoms with Crippen molar-refractivity contribution >= 4 is 5.91 Å². The summed E-state index contributed by atoms with van der Waals surface area (Å²) in [7, 11) is 0. The molecule has 2 rings (SSSR count). The van der Waals surface area contributed by atoms with E-state index in [0.717, 1.165) is 31.5 Å². The van der Waals surface area contributed by atoms with Crippen LogP contribution in [0.15, 0.2) is 24.3 Å². The van der Waals surface area contributed by atoms with Crippen LogP contribution in [0.3, 0.4) is 0 Å². The van der Waals surface area contributed by atoms with Crippen molar-refractivity contribution in [2.75, 3.05) is 13.1 Å². The van der Waals surface area contributed by atoms with Gasteiger partial charge in [0.25, 0.3) is 5.91 Å². The van der Waals surface area contributed by atoms with Crippen LogP contribution in [0, 0.1) is 0 Å². The van der Waals surface area contributed by atoms with E-state index in [9.17, 15) is 4.79 Å². The summed E-state index contributed by atoms with van der Waals surface area (Å²) >= 11 is 0. The van der Waals surface area contributed by atoms with Gasteiger partial charge in [-0.05, 0) is 36.0 Å². The van der Waals surface area contributed by atoms with Gasteiger partial charge in [-0.25, -0.2) is 0 Å². The molecule has 1 aliphatic rings. The van der Waals surface area contributed by atoms with Crippen LogP contribution in [0.1, 0.15) is 49.5 Å². The molecule has 2 nitrogen and oxygen atoms in total. The van der Waals surface area contributed by atoms with Crippen molar-refractivity contribution in [1.29, 1.82) is 0 Å². The molecule has 92 valence electrons.